The van der Waals surface area contributed by atoms with E-state index in [2.05, 4.69) is 20.8 Å². The van der Waals surface area contributed by atoms with Gasteiger partial charge in [0.1, 0.15) is 0 Å². The van der Waals surface area contributed by atoms with Crippen molar-refractivity contribution in [1.82, 2.24) is 0 Å². The van der Waals surface area contributed by atoms with E-state index < -0.39 is 0 Å². The van der Waals surface area contributed by atoms with Crippen molar-refractivity contribution >= 4 is 5.91 Å². The van der Waals surface area contributed by atoms with Crippen LogP contribution in [-0.4, -0.2) is 17.6 Å². The highest BCUT2D eigenvalue weighted by Crippen LogP contribution is 2.24. The van der Waals surface area contributed by atoms with Crippen LogP contribution < -0.4 is 5.73 Å². The molecule has 0 spiro atoms. The molecule has 0 saturated carbocycles. The Bertz CT molecular complexity index is 292. The maximum Gasteiger partial charge on any atom is 0.220 e. The van der Waals surface area contributed by atoms with Gasteiger partial charge in [0.15, 0.2) is 0 Å². The van der Waals surface area contributed by atoms with Crippen LogP contribution in [0.1, 0.15) is 104 Å². The molecule has 2 unspecified atom stereocenters. The Morgan fingerprint density at radius 3 is 1.75 bits per heavy atom. The lowest BCUT2D eigenvalue weighted by atomic mass is 9.84. The third-order valence-electron chi connectivity index (χ3n) is 5.14. The molecule has 0 radical (unpaired) electrons. The Labute approximate surface area is 150 Å². The van der Waals surface area contributed by atoms with Crippen LogP contribution in [0.25, 0.3) is 0 Å². The normalized spacial score (nSPS) is 14.0. The van der Waals surface area contributed by atoms with Gasteiger partial charge in [0.25, 0.3) is 0 Å². The van der Waals surface area contributed by atoms with Crippen LogP contribution in [-0.2, 0) is 4.79 Å². The van der Waals surface area contributed by atoms with E-state index in [0.29, 0.717) is 0 Å². The van der Waals surface area contributed by atoms with Crippen LogP contribution in [0.15, 0.2) is 0 Å². The summed E-state index contributed by atoms with van der Waals surface area (Å²) in [5.74, 6) is 0.527. The van der Waals surface area contributed by atoms with Gasteiger partial charge in [-0.2, -0.15) is 0 Å². The van der Waals surface area contributed by atoms with Crippen molar-refractivity contribution in [1.29, 1.82) is 0 Å². The van der Waals surface area contributed by atoms with Crippen molar-refractivity contribution in [2.24, 2.45) is 23.5 Å². The van der Waals surface area contributed by atoms with Gasteiger partial charge in [-0.05, 0) is 24.7 Å². The standard InChI is InChI=1S/C21H43NO2/c1-4-5-15-19(17-23)20(21(22)24)16-13-11-9-7-6-8-10-12-14-18(2)3/h18-20,23H,4-17H2,1-3H3,(H2,22,24). The average molecular weight is 342 g/mol. The first-order valence-electron chi connectivity index (χ1n) is 10.4. The molecule has 3 heteroatoms. The van der Waals surface area contributed by atoms with E-state index in [-0.39, 0.29) is 24.3 Å². The fourth-order valence-electron chi connectivity index (χ4n) is 3.47. The van der Waals surface area contributed by atoms with Crippen LogP contribution >= 0.6 is 0 Å². The summed E-state index contributed by atoms with van der Waals surface area (Å²) in [5.41, 5.74) is 5.56. The predicted octanol–water partition coefficient (Wildman–Crippen LogP) is 5.44. The first-order chi connectivity index (χ1) is 11.5. The van der Waals surface area contributed by atoms with Gasteiger partial charge < -0.3 is 10.8 Å². The third kappa shape index (κ3) is 12.8. The maximum atomic E-state index is 11.7. The average Bonchev–Trinajstić information content (AvgIpc) is 2.54. The Morgan fingerprint density at radius 2 is 1.33 bits per heavy atom. The SMILES string of the molecule is CCCCC(CO)C(CCCCCCCCCCC(C)C)C(N)=O. The van der Waals surface area contributed by atoms with Crippen molar-refractivity contribution in [2.45, 2.75) is 104 Å². The van der Waals surface area contributed by atoms with E-state index in [0.717, 1.165) is 38.0 Å². The molecular weight excluding hydrogens is 298 g/mol. The summed E-state index contributed by atoms with van der Waals surface area (Å²) in [6.07, 6.45) is 15.5. The Balaban J connectivity index is 3.72. The van der Waals surface area contributed by atoms with Crippen molar-refractivity contribution in [3.63, 3.8) is 0 Å². The van der Waals surface area contributed by atoms with Crippen LogP contribution in [0.5, 0.6) is 0 Å². The highest BCUT2D eigenvalue weighted by atomic mass is 16.3. The number of hydrogen-bond acceptors (Lipinski definition) is 2. The molecule has 3 nitrogen and oxygen atoms in total. The molecule has 3 N–H and O–H groups in total. The quantitative estimate of drug-likeness (QED) is 0.346. The maximum absolute atomic E-state index is 11.7. The molecule has 0 bridgehead atoms. The van der Waals surface area contributed by atoms with Gasteiger partial charge in [-0.15, -0.1) is 0 Å². The Kier molecular flexibility index (Phi) is 15.6. The monoisotopic (exact) mass is 341 g/mol. The molecular formula is C21H43NO2. The zero-order valence-electron chi connectivity index (χ0n) is 16.6. The molecule has 1 amide bonds. The van der Waals surface area contributed by atoms with Crippen molar-refractivity contribution in [3.8, 4) is 0 Å². The highest BCUT2D eigenvalue weighted by molar-refractivity contribution is 5.76. The topological polar surface area (TPSA) is 63.3 Å². The van der Waals surface area contributed by atoms with E-state index in [1.54, 1.807) is 0 Å². The van der Waals surface area contributed by atoms with Crippen LogP contribution in [0.3, 0.4) is 0 Å². The van der Waals surface area contributed by atoms with E-state index >= 15 is 0 Å². The molecule has 144 valence electrons. The smallest absolute Gasteiger partial charge is 0.220 e. The summed E-state index contributed by atoms with van der Waals surface area (Å²) in [6, 6.07) is 0. The number of nitrogens with two attached hydrogens (primary N) is 1. The molecule has 0 aromatic heterocycles. The van der Waals surface area contributed by atoms with Gasteiger partial charge in [-0.25, -0.2) is 0 Å². The van der Waals surface area contributed by atoms with E-state index in [1.165, 1.54) is 51.4 Å². The zero-order valence-corrected chi connectivity index (χ0v) is 16.6. The summed E-state index contributed by atoms with van der Waals surface area (Å²) < 4.78 is 0. The van der Waals surface area contributed by atoms with Gasteiger partial charge in [-0.3, -0.25) is 4.79 Å². The van der Waals surface area contributed by atoms with Gasteiger partial charge in [0, 0.05) is 12.5 Å². The summed E-state index contributed by atoms with van der Waals surface area (Å²) in [7, 11) is 0. The van der Waals surface area contributed by atoms with Gasteiger partial charge in [0.2, 0.25) is 5.91 Å². The second-order valence-electron chi connectivity index (χ2n) is 7.89. The number of carbonyl (C=O) groups excluding carboxylic acids is 1. The molecule has 2 atom stereocenters. The van der Waals surface area contributed by atoms with Gasteiger partial charge in [-0.1, -0.05) is 91.4 Å². The Morgan fingerprint density at radius 1 is 0.833 bits per heavy atom. The minimum atomic E-state index is -0.227. The minimum absolute atomic E-state index is 0.0587. The Hall–Kier alpha value is -0.570. The van der Waals surface area contributed by atoms with Crippen LogP contribution in [0.4, 0.5) is 0 Å². The molecule has 0 heterocycles. The second-order valence-corrected chi connectivity index (χ2v) is 7.89. The number of unbranched alkanes of at least 4 members (excludes halogenated alkanes) is 8. The van der Waals surface area contributed by atoms with Gasteiger partial charge in [0.05, 0.1) is 0 Å². The number of primary amides is 1. The molecule has 0 fully saturated rings. The molecule has 0 aromatic carbocycles. The number of aliphatic hydroxyl groups excluding tert-OH is 1. The van der Waals surface area contributed by atoms with E-state index in [1.807, 2.05) is 0 Å². The van der Waals surface area contributed by atoms with Crippen molar-refractivity contribution in [3.05, 3.63) is 0 Å². The highest BCUT2D eigenvalue weighted by Gasteiger charge is 2.24. The lowest BCUT2D eigenvalue weighted by Crippen LogP contribution is -2.32. The van der Waals surface area contributed by atoms with Crippen LogP contribution in [0.2, 0.25) is 0 Å². The molecule has 0 saturated heterocycles. The second kappa shape index (κ2) is 15.9. The molecule has 0 aliphatic carbocycles. The number of carbonyl (C=O) groups is 1. The summed E-state index contributed by atoms with van der Waals surface area (Å²) >= 11 is 0. The molecule has 0 rings (SSSR count). The number of aliphatic hydroxyl groups is 1. The number of rotatable bonds is 17. The van der Waals surface area contributed by atoms with E-state index in [9.17, 15) is 9.90 Å². The molecule has 0 aliphatic rings. The number of amides is 1. The minimum Gasteiger partial charge on any atom is -0.396 e. The fourth-order valence-corrected chi connectivity index (χ4v) is 3.47. The summed E-state index contributed by atoms with van der Waals surface area (Å²) in [5, 5.41) is 9.54. The van der Waals surface area contributed by atoms with Crippen LogP contribution in [0, 0.1) is 17.8 Å². The summed E-state index contributed by atoms with van der Waals surface area (Å²) in [4.78, 5) is 11.7. The number of hydrogen-bond donors (Lipinski definition) is 2. The largest absolute Gasteiger partial charge is 0.396 e. The van der Waals surface area contributed by atoms with Crippen molar-refractivity contribution < 1.29 is 9.90 Å². The molecule has 0 aromatic rings. The molecule has 0 aliphatic heterocycles. The lowest BCUT2D eigenvalue weighted by Gasteiger charge is -2.22. The predicted molar refractivity (Wildman–Crippen MR) is 104 cm³/mol. The molecule has 24 heavy (non-hydrogen) atoms. The summed E-state index contributed by atoms with van der Waals surface area (Å²) in [6.45, 7) is 6.81. The third-order valence-corrected chi connectivity index (χ3v) is 5.14. The first kappa shape index (κ1) is 23.4. The lowest BCUT2D eigenvalue weighted by molar-refractivity contribution is -0.124. The van der Waals surface area contributed by atoms with E-state index in [4.69, 9.17) is 5.73 Å². The van der Waals surface area contributed by atoms with Gasteiger partial charge >= 0.3 is 0 Å². The zero-order chi connectivity index (χ0) is 18.2. The van der Waals surface area contributed by atoms with Crippen molar-refractivity contribution in [2.75, 3.05) is 6.61 Å². The fraction of sp³-hybridized carbons (Fsp3) is 0.952. The first-order valence-corrected chi connectivity index (χ1v) is 10.4.